The fourth-order valence-corrected chi connectivity index (χ4v) is 1.91. The average Bonchev–Trinajstić information content (AvgIpc) is 2.49. The second kappa shape index (κ2) is 6.57. The number of benzene rings is 1. The largest absolute Gasteiger partial charge is 0.496 e. The summed E-state index contributed by atoms with van der Waals surface area (Å²) >= 11 is 0. The minimum absolute atomic E-state index is 0.162. The van der Waals surface area contributed by atoms with Crippen molar-refractivity contribution in [1.82, 2.24) is 10.6 Å². The molecule has 0 atom stereocenters. The summed E-state index contributed by atoms with van der Waals surface area (Å²) in [6, 6.07) is 4.46. The van der Waals surface area contributed by atoms with Crippen LogP contribution in [-0.4, -0.2) is 32.1 Å². The van der Waals surface area contributed by atoms with Gasteiger partial charge in [-0.05, 0) is 24.3 Å². The Morgan fingerprint density at radius 2 is 1.50 bits per heavy atom. The van der Waals surface area contributed by atoms with Crippen molar-refractivity contribution in [2.24, 2.45) is 0 Å². The Bertz CT molecular complexity index is 647. The summed E-state index contributed by atoms with van der Waals surface area (Å²) < 4.78 is 10.5. The summed E-state index contributed by atoms with van der Waals surface area (Å²) in [6.45, 7) is 0. The van der Waals surface area contributed by atoms with E-state index in [9.17, 15) is 14.4 Å². The highest BCUT2D eigenvalue weighted by Crippen LogP contribution is 2.29. The lowest BCUT2D eigenvalue weighted by Crippen LogP contribution is -2.51. The summed E-state index contributed by atoms with van der Waals surface area (Å²) in [5, 5.41) is 3.98. The second-order valence-electron chi connectivity index (χ2n) is 4.25. The topological polar surface area (TPSA) is 93.7 Å². The zero-order valence-corrected chi connectivity index (χ0v) is 12.0. The Morgan fingerprint density at radius 1 is 0.955 bits per heavy atom. The summed E-state index contributed by atoms with van der Waals surface area (Å²) in [5.74, 6) is -0.320. The fraction of sp³-hybridized carbons (Fsp3) is 0.133. The van der Waals surface area contributed by atoms with Gasteiger partial charge in [-0.1, -0.05) is 12.1 Å². The Kier molecular flexibility index (Phi) is 4.57. The Balaban J connectivity index is 2.29. The van der Waals surface area contributed by atoms with E-state index in [4.69, 9.17) is 9.47 Å². The van der Waals surface area contributed by atoms with Crippen LogP contribution in [0.2, 0.25) is 0 Å². The van der Waals surface area contributed by atoms with Gasteiger partial charge < -0.3 is 9.47 Å². The van der Waals surface area contributed by atoms with Crippen LogP contribution >= 0.6 is 0 Å². The highest BCUT2D eigenvalue weighted by molar-refractivity contribution is 6.29. The van der Waals surface area contributed by atoms with E-state index in [0.717, 1.165) is 0 Å². The molecule has 0 radical (unpaired) electrons. The van der Waals surface area contributed by atoms with Crippen molar-refractivity contribution in [3.05, 3.63) is 41.5 Å². The van der Waals surface area contributed by atoms with Crippen LogP contribution in [0.15, 0.2) is 35.9 Å². The number of urea groups is 1. The minimum atomic E-state index is -0.831. The molecule has 0 spiro atoms. The Morgan fingerprint density at radius 3 is 2.00 bits per heavy atom. The monoisotopic (exact) mass is 302 g/mol. The lowest BCUT2D eigenvalue weighted by Gasteiger charge is -2.13. The lowest BCUT2D eigenvalue weighted by atomic mass is 10.1. The molecule has 0 saturated carbocycles. The van der Waals surface area contributed by atoms with Crippen LogP contribution in [0.3, 0.4) is 0 Å². The molecule has 0 unspecified atom stereocenters. The van der Waals surface area contributed by atoms with E-state index in [1.54, 1.807) is 24.3 Å². The summed E-state index contributed by atoms with van der Waals surface area (Å²) in [5.41, 5.74) is 0.502. The van der Waals surface area contributed by atoms with Gasteiger partial charge >= 0.3 is 6.03 Å². The van der Waals surface area contributed by atoms with Gasteiger partial charge in [0.05, 0.1) is 19.8 Å². The summed E-state index contributed by atoms with van der Waals surface area (Å²) in [4.78, 5) is 34.1. The van der Waals surface area contributed by atoms with Gasteiger partial charge in [0.25, 0.3) is 11.8 Å². The molecule has 1 heterocycles. The maximum Gasteiger partial charge on any atom is 0.328 e. The van der Waals surface area contributed by atoms with Crippen molar-refractivity contribution in [1.29, 1.82) is 0 Å². The van der Waals surface area contributed by atoms with E-state index >= 15 is 0 Å². The molecule has 1 fully saturated rings. The molecule has 0 aliphatic carbocycles. The number of ether oxygens (including phenoxy) is 2. The van der Waals surface area contributed by atoms with Gasteiger partial charge in [0, 0.05) is 0 Å². The van der Waals surface area contributed by atoms with Crippen LogP contribution in [0.4, 0.5) is 4.79 Å². The highest BCUT2D eigenvalue weighted by atomic mass is 16.5. The molecule has 1 aromatic carbocycles. The normalized spacial score (nSPS) is 14.6. The van der Waals surface area contributed by atoms with Gasteiger partial charge in [-0.2, -0.15) is 0 Å². The predicted octanol–water partition coefficient (Wildman–Crippen LogP) is 1.01. The zero-order chi connectivity index (χ0) is 16.1. The van der Waals surface area contributed by atoms with E-state index in [1.165, 1.54) is 26.4 Å². The molecule has 4 amide bonds. The molecular weight excluding hydrogens is 288 g/mol. The van der Waals surface area contributed by atoms with Gasteiger partial charge in [-0.3, -0.25) is 20.2 Å². The molecule has 2 N–H and O–H groups in total. The first kappa shape index (κ1) is 15.3. The number of rotatable bonds is 4. The molecular formula is C15H14N2O5. The maximum atomic E-state index is 11.6. The molecule has 7 nitrogen and oxygen atoms in total. The number of imide groups is 2. The number of methoxy groups -OCH3 is 2. The van der Waals surface area contributed by atoms with Crippen LogP contribution in [0.5, 0.6) is 11.5 Å². The number of amides is 4. The smallest absolute Gasteiger partial charge is 0.328 e. The number of nitrogens with one attached hydrogen (secondary N) is 2. The van der Waals surface area contributed by atoms with Crippen molar-refractivity contribution >= 4 is 23.9 Å². The molecule has 2 rings (SSSR count). The standard InChI is InChI=1S/C15H14N2O5/c1-21-11-7-4-8-12(22-2)9(11)5-3-6-10-13(18)16-15(20)17-14(10)19/h3-8H,1-2H3,(H2,16,17,18,19,20)/b5-3+. The minimum Gasteiger partial charge on any atom is -0.496 e. The van der Waals surface area contributed by atoms with Crippen molar-refractivity contribution in [3.63, 3.8) is 0 Å². The van der Waals surface area contributed by atoms with Crippen molar-refractivity contribution in [3.8, 4) is 11.5 Å². The third-order valence-electron chi connectivity index (χ3n) is 2.94. The summed E-state index contributed by atoms with van der Waals surface area (Å²) in [7, 11) is 3.05. The quantitative estimate of drug-likeness (QED) is 0.639. The number of allylic oxidation sites excluding steroid dienone is 2. The van der Waals surface area contributed by atoms with Crippen LogP contribution in [0.1, 0.15) is 5.56 Å². The van der Waals surface area contributed by atoms with E-state index in [-0.39, 0.29) is 5.57 Å². The zero-order valence-electron chi connectivity index (χ0n) is 12.0. The van der Waals surface area contributed by atoms with Crippen LogP contribution < -0.4 is 20.1 Å². The molecule has 0 bridgehead atoms. The predicted molar refractivity (Wildman–Crippen MR) is 78.3 cm³/mol. The van der Waals surface area contributed by atoms with E-state index in [2.05, 4.69) is 0 Å². The Hall–Kier alpha value is -3.09. The van der Waals surface area contributed by atoms with Gasteiger partial charge in [0.15, 0.2) is 0 Å². The molecule has 1 aromatic rings. The van der Waals surface area contributed by atoms with Gasteiger partial charge in [-0.15, -0.1) is 0 Å². The molecule has 1 saturated heterocycles. The first-order valence-electron chi connectivity index (χ1n) is 6.33. The van der Waals surface area contributed by atoms with Gasteiger partial charge in [-0.25, -0.2) is 4.79 Å². The van der Waals surface area contributed by atoms with E-state index in [1.807, 2.05) is 10.6 Å². The lowest BCUT2D eigenvalue weighted by molar-refractivity contribution is -0.124. The molecule has 1 aliphatic rings. The SMILES string of the molecule is COc1cccc(OC)c1/C=C/C=C1C(=O)NC(=O)NC1=O. The molecule has 22 heavy (non-hydrogen) atoms. The third-order valence-corrected chi connectivity index (χ3v) is 2.94. The number of carbonyl (C=O) groups excluding carboxylic acids is 3. The number of carbonyl (C=O) groups is 3. The van der Waals surface area contributed by atoms with Gasteiger partial charge in [0.2, 0.25) is 0 Å². The van der Waals surface area contributed by atoms with Crippen LogP contribution in [0.25, 0.3) is 6.08 Å². The van der Waals surface area contributed by atoms with Crippen molar-refractivity contribution in [2.75, 3.05) is 14.2 Å². The first-order chi connectivity index (χ1) is 10.6. The number of hydrogen-bond acceptors (Lipinski definition) is 5. The van der Waals surface area contributed by atoms with Crippen molar-refractivity contribution in [2.45, 2.75) is 0 Å². The van der Waals surface area contributed by atoms with Gasteiger partial charge in [0.1, 0.15) is 17.1 Å². The maximum absolute atomic E-state index is 11.6. The first-order valence-corrected chi connectivity index (χ1v) is 6.33. The summed E-state index contributed by atoms with van der Waals surface area (Å²) in [6.07, 6.45) is 4.45. The Labute approximate surface area is 126 Å². The molecule has 1 aliphatic heterocycles. The third kappa shape index (κ3) is 3.14. The number of barbiturate groups is 1. The van der Waals surface area contributed by atoms with Crippen LogP contribution in [-0.2, 0) is 9.59 Å². The molecule has 0 aromatic heterocycles. The molecule has 114 valence electrons. The molecule has 7 heteroatoms. The van der Waals surface area contributed by atoms with E-state index < -0.39 is 17.8 Å². The highest BCUT2D eigenvalue weighted by Gasteiger charge is 2.26. The average molecular weight is 302 g/mol. The van der Waals surface area contributed by atoms with Crippen LogP contribution in [0, 0.1) is 0 Å². The van der Waals surface area contributed by atoms with Crippen molar-refractivity contribution < 1.29 is 23.9 Å². The second-order valence-corrected chi connectivity index (χ2v) is 4.25. The number of hydrogen-bond donors (Lipinski definition) is 2. The van der Waals surface area contributed by atoms with E-state index in [0.29, 0.717) is 17.1 Å². The fourth-order valence-electron chi connectivity index (χ4n) is 1.91.